The summed E-state index contributed by atoms with van der Waals surface area (Å²) in [4.78, 5) is 0. The van der Waals surface area contributed by atoms with Gasteiger partial charge in [0.05, 0.1) is 6.10 Å². The van der Waals surface area contributed by atoms with Crippen molar-refractivity contribution in [3.8, 4) is 0 Å². The number of rotatable bonds is 17. The molecular weight excluding hydrogens is 304 g/mol. The average molecular weight is 345 g/mol. The quantitative estimate of drug-likeness (QED) is 0.215. The molecule has 2 N–H and O–H groups in total. The molecule has 0 radical (unpaired) electrons. The molecule has 1 fully saturated rings. The molecule has 24 heavy (non-hydrogen) atoms. The highest BCUT2D eigenvalue weighted by molar-refractivity contribution is 4.76. The maximum absolute atomic E-state index is 9.79. The van der Waals surface area contributed by atoms with Crippen LogP contribution in [0.15, 0.2) is 0 Å². The number of aliphatic hydroxyl groups is 2. The van der Waals surface area contributed by atoms with Gasteiger partial charge < -0.3 is 14.9 Å². The molecule has 1 aliphatic heterocycles. The summed E-state index contributed by atoms with van der Waals surface area (Å²) < 4.78 is 10.3. The molecule has 4 heteroatoms. The lowest BCUT2D eigenvalue weighted by Crippen LogP contribution is -2.27. The summed E-state index contributed by atoms with van der Waals surface area (Å²) in [7, 11) is 0. The number of epoxide rings is 1. The zero-order chi connectivity index (χ0) is 17.7. The molecule has 0 aromatic heterocycles. The highest BCUT2D eigenvalue weighted by atomic mass is 17.0. The van der Waals surface area contributed by atoms with E-state index in [1.165, 1.54) is 70.6 Å². The van der Waals surface area contributed by atoms with Crippen molar-refractivity contribution in [2.75, 3.05) is 0 Å². The third kappa shape index (κ3) is 9.97. The van der Waals surface area contributed by atoms with Crippen LogP contribution < -0.4 is 0 Å². The number of ether oxygens (including phenoxy) is 2. The minimum Gasteiger partial charge on any atom is -0.362 e. The molecule has 0 aromatic carbocycles. The Labute approximate surface area is 148 Å². The molecule has 3 unspecified atom stereocenters. The van der Waals surface area contributed by atoms with Crippen LogP contribution in [0.1, 0.15) is 110 Å². The SMILES string of the molecule is CCCCCCCCCCCCC(CCCCC)OC1(O)OC1O. The van der Waals surface area contributed by atoms with E-state index in [2.05, 4.69) is 13.8 Å². The van der Waals surface area contributed by atoms with Crippen LogP contribution in [-0.4, -0.2) is 28.6 Å². The summed E-state index contributed by atoms with van der Waals surface area (Å²) in [6.45, 7) is 4.44. The summed E-state index contributed by atoms with van der Waals surface area (Å²) in [5, 5.41) is 19.0. The van der Waals surface area contributed by atoms with Gasteiger partial charge in [0.25, 0.3) is 0 Å². The molecular formula is C20H40O4. The minimum atomic E-state index is -1.73. The molecule has 0 saturated carbocycles. The van der Waals surface area contributed by atoms with Crippen molar-refractivity contribution in [3.63, 3.8) is 0 Å². The lowest BCUT2D eigenvalue weighted by molar-refractivity contribution is -0.226. The van der Waals surface area contributed by atoms with Gasteiger partial charge >= 0.3 is 5.97 Å². The van der Waals surface area contributed by atoms with Gasteiger partial charge in [0.15, 0.2) is 0 Å². The molecule has 0 aliphatic carbocycles. The van der Waals surface area contributed by atoms with Gasteiger partial charge in [-0.15, -0.1) is 0 Å². The zero-order valence-electron chi connectivity index (χ0n) is 16.0. The van der Waals surface area contributed by atoms with Gasteiger partial charge in [-0.2, -0.15) is 0 Å². The van der Waals surface area contributed by atoms with Crippen LogP contribution in [0.4, 0.5) is 0 Å². The van der Waals surface area contributed by atoms with Crippen LogP contribution in [0, 0.1) is 0 Å². The molecule has 3 atom stereocenters. The standard InChI is InChI=1S/C20H40O4/c1-3-5-7-8-9-10-11-12-13-15-17-18(16-14-6-4-2)23-20(22)19(21)24-20/h18-19,21-22H,3-17H2,1-2H3. The van der Waals surface area contributed by atoms with E-state index >= 15 is 0 Å². The van der Waals surface area contributed by atoms with E-state index in [9.17, 15) is 10.2 Å². The van der Waals surface area contributed by atoms with Crippen LogP contribution in [0.2, 0.25) is 0 Å². The maximum Gasteiger partial charge on any atom is 0.337 e. The van der Waals surface area contributed by atoms with Gasteiger partial charge in [0.1, 0.15) is 0 Å². The van der Waals surface area contributed by atoms with E-state index in [4.69, 9.17) is 9.47 Å². The monoisotopic (exact) mass is 344 g/mol. The topological polar surface area (TPSA) is 62.2 Å². The van der Waals surface area contributed by atoms with Crippen LogP contribution in [0.5, 0.6) is 0 Å². The molecule has 144 valence electrons. The molecule has 4 nitrogen and oxygen atoms in total. The normalized spacial score (nSPS) is 24.2. The molecule has 1 rings (SSSR count). The Morgan fingerprint density at radius 3 is 1.62 bits per heavy atom. The summed E-state index contributed by atoms with van der Waals surface area (Å²) in [6.07, 6.45) is 17.4. The molecule has 1 aliphatic rings. The summed E-state index contributed by atoms with van der Waals surface area (Å²) >= 11 is 0. The highest BCUT2D eigenvalue weighted by Crippen LogP contribution is 2.35. The van der Waals surface area contributed by atoms with Crippen molar-refractivity contribution in [2.45, 2.75) is 129 Å². The van der Waals surface area contributed by atoms with Crippen molar-refractivity contribution in [2.24, 2.45) is 0 Å². The maximum atomic E-state index is 9.79. The van der Waals surface area contributed by atoms with Crippen LogP contribution >= 0.6 is 0 Å². The second-order valence-electron chi connectivity index (χ2n) is 7.31. The first kappa shape index (κ1) is 21.9. The first-order chi connectivity index (χ1) is 11.6. The third-order valence-electron chi connectivity index (χ3n) is 4.88. The van der Waals surface area contributed by atoms with Gasteiger partial charge in [0, 0.05) is 0 Å². The smallest absolute Gasteiger partial charge is 0.337 e. The van der Waals surface area contributed by atoms with E-state index in [0.717, 1.165) is 25.7 Å². The van der Waals surface area contributed by atoms with E-state index in [-0.39, 0.29) is 6.10 Å². The van der Waals surface area contributed by atoms with Crippen LogP contribution in [0.3, 0.4) is 0 Å². The van der Waals surface area contributed by atoms with Crippen molar-refractivity contribution >= 4 is 0 Å². The first-order valence-electron chi connectivity index (χ1n) is 10.4. The summed E-state index contributed by atoms with van der Waals surface area (Å²) in [6, 6.07) is 0. The number of unbranched alkanes of at least 4 members (excludes halogenated alkanes) is 11. The fraction of sp³-hybridized carbons (Fsp3) is 1.00. The van der Waals surface area contributed by atoms with Crippen molar-refractivity contribution in [1.29, 1.82) is 0 Å². The van der Waals surface area contributed by atoms with E-state index in [1.807, 2.05) is 0 Å². The van der Waals surface area contributed by atoms with Crippen LogP contribution in [-0.2, 0) is 9.47 Å². The molecule has 0 bridgehead atoms. The number of hydrogen-bond acceptors (Lipinski definition) is 4. The summed E-state index contributed by atoms with van der Waals surface area (Å²) in [5.74, 6) is -1.73. The van der Waals surface area contributed by atoms with Crippen molar-refractivity contribution in [1.82, 2.24) is 0 Å². The van der Waals surface area contributed by atoms with Gasteiger partial charge in [-0.3, -0.25) is 4.74 Å². The van der Waals surface area contributed by atoms with Gasteiger partial charge in [-0.25, -0.2) is 0 Å². The highest BCUT2D eigenvalue weighted by Gasteiger charge is 2.58. The molecule has 1 saturated heterocycles. The second-order valence-corrected chi connectivity index (χ2v) is 7.31. The molecule has 0 spiro atoms. The van der Waals surface area contributed by atoms with Gasteiger partial charge in [-0.05, 0) is 12.8 Å². The largest absolute Gasteiger partial charge is 0.362 e. The Morgan fingerprint density at radius 1 is 0.792 bits per heavy atom. The summed E-state index contributed by atoms with van der Waals surface area (Å²) in [5.41, 5.74) is 0. The number of aliphatic hydroxyl groups excluding tert-OH is 1. The Morgan fingerprint density at radius 2 is 1.17 bits per heavy atom. The lowest BCUT2D eigenvalue weighted by Gasteiger charge is -2.19. The van der Waals surface area contributed by atoms with E-state index < -0.39 is 12.3 Å². The van der Waals surface area contributed by atoms with Gasteiger partial charge in [-0.1, -0.05) is 97.3 Å². The Hall–Kier alpha value is -0.160. The van der Waals surface area contributed by atoms with Crippen molar-refractivity contribution in [3.05, 3.63) is 0 Å². The zero-order valence-corrected chi connectivity index (χ0v) is 16.0. The number of hydrogen-bond donors (Lipinski definition) is 2. The van der Waals surface area contributed by atoms with Gasteiger partial charge in [0.2, 0.25) is 6.29 Å². The van der Waals surface area contributed by atoms with E-state index in [0.29, 0.717) is 0 Å². The van der Waals surface area contributed by atoms with Crippen LogP contribution in [0.25, 0.3) is 0 Å². The molecule has 0 amide bonds. The predicted molar refractivity (Wildman–Crippen MR) is 97.5 cm³/mol. The fourth-order valence-corrected chi connectivity index (χ4v) is 3.19. The fourth-order valence-electron chi connectivity index (χ4n) is 3.19. The Balaban J connectivity index is 2.02. The Bertz CT molecular complexity index is 297. The molecule has 1 heterocycles. The first-order valence-corrected chi connectivity index (χ1v) is 10.4. The van der Waals surface area contributed by atoms with E-state index in [1.54, 1.807) is 0 Å². The minimum absolute atomic E-state index is 0.00672. The second kappa shape index (κ2) is 13.1. The van der Waals surface area contributed by atoms with Crippen molar-refractivity contribution < 1.29 is 19.7 Å². The third-order valence-corrected chi connectivity index (χ3v) is 4.88. The predicted octanol–water partition coefficient (Wildman–Crippen LogP) is 5.26. The lowest BCUT2D eigenvalue weighted by atomic mass is 10.0. The molecule has 0 aromatic rings. The Kier molecular flexibility index (Phi) is 11.9. The average Bonchev–Trinajstić information content (AvgIpc) is 3.15.